The number of halogens is 1. The second kappa shape index (κ2) is 16.9. The molecule has 4 atom stereocenters. The third kappa shape index (κ3) is 11.0. The van der Waals surface area contributed by atoms with Crippen LogP contribution in [0.15, 0.2) is 45.4 Å². The number of nitrogens with two attached hydrogens (primary N) is 1. The number of ether oxygens (including phenoxy) is 2. The maximum absolute atomic E-state index is 14.1. The van der Waals surface area contributed by atoms with Crippen molar-refractivity contribution in [3.05, 3.63) is 51.0 Å². The molecule has 0 amide bonds. The Morgan fingerprint density at radius 2 is 1.90 bits per heavy atom. The Morgan fingerprint density at radius 1 is 1.23 bits per heavy atom. The lowest BCUT2D eigenvalue weighted by molar-refractivity contribution is -0.150. The van der Waals surface area contributed by atoms with Crippen molar-refractivity contribution in [1.82, 2.24) is 24.6 Å². The number of anilines is 1. The first-order chi connectivity index (χ1) is 22.6. The quantitative estimate of drug-likeness (QED) is 0.122. The fourth-order valence-electron chi connectivity index (χ4n) is 4.27. The van der Waals surface area contributed by atoms with E-state index in [-0.39, 0.29) is 48.6 Å². The Hall–Kier alpha value is -4.05. The number of nitrogen functional groups attached to an aromatic ring is 1. The van der Waals surface area contributed by atoms with Crippen molar-refractivity contribution in [2.24, 2.45) is 5.41 Å². The molecule has 16 nitrogen and oxygen atoms in total. The molecule has 1 aliphatic carbocycles. The van der Waals surface area contributed by atoms with Crippen molar-refractivity contribution >= 4 is 64.9 Å². The molecule has 2 aromatic heterocycles. The number of carboxylic acids is 1. The normalized spacial score (nSPS) is 18.6. The number of esters is 2. The molecule has 2 heterocycles. The molecule has 0 saturated heterocycles. The van der Waals surface area contributed by atoms with Crippen molar-refractivity contribution in [3.8, 4) is 5.75 Å². The highest BCUT2D eigenvalue weighted by atomic mass is 79.9. The van der Waals surface area contributed by atoms with Crippen LogP contribution >= 0.6 is 23.7 Å². The number of hydrogen-bond acceptors (Lipinski definition) is 12. The van der Waals surface area contributed by atoms with Crippen LogP contribution in [0, 0.1) is 5.41 Å². The number of fused-ring (bicyclic) bond motifs is 1. The zero-order valence-corrected chi connectivity index (χ0v) is 29.7. The van der Waals surface area contributed by atoms with Gasteiger partial charge >= 0.3 is 25.7 Å². The van der Waals surface area contributed by atoms with Gasteiger partial charge in [-0.2, -0.15) is 10.1 Å². The maximum Gasteiger partial charge on any atom is 0.459 e. The first kappa shape index (κ1) is 38.4. The number of imidazole rings is 1. The number of aromatic amines is 1. The fraction of sp³-hybridized carbons (Fsp3) is 0.467. The summed E-state index contributed by atoms with van der Waals surface area (Å²) in [5.74, 6) is -1.70. The Kier molecular flexibility index (Phi) is 13.5. The monoisotopic (exact) mass is 754 g/mol. The highest BCUT2D eigenvalue weighted by Gasteiger charge is 2.52. The van der Waals surface area contributed by atoms with Crippen LogP contribution in [-0.4, -0.2) is 67.9 Å². The number of benzene rings is 1. The summed E-state index contributed by atoms with van der Waals surface area (Å²) in [6, 6.07) is 5.56. The molecular formula is C30H40BrN6O10P. The lowest BCUT2D eigenvalue weighted by atomic mass is 10.1. The number of carbonyl (C=O) groups is 3. The van der Waals surface area contributed by atoms with E-state index in [0.717, 1.165) is 16.5 Å². The van der Waals surface area contributed by atoms with E-state index in [2.05, 4.69) is 36.0 Å². The van der Waals surface area contributed by atoms with Gasteiger partial charge in [-0.05, 0) is 56.5 Å². The lowest BCUT2D eigenvalue weighted by Gasteiger charge is -2.25. The second-order valence-electron chi connectivity index (χ2n) is 11.1. The lowest BCUT2D eigenvalue weighted by Crippen LogP contribution is -2.37. The van der Waals surface area contributed by atoms with Crippen LogP contribution in [0.5, 0.6) is 5.75 Å². The average Bonchev–Trinajstić information content (AvgIpc) is 3.55. The molecule has 1 fully saturated rings. The van der Waals surface area contributed by atoms with E-state index in [0.29, 0.717) is 12.8 Å². The Bertz CT molecular complexity index is 1740. The smallest absolute Gasteiger partial charge is 0.459 e. The van der Waals surface area contributed by atoms with Gasteiger partial charge in [0.25, 0.3) is 5.56 Å². The fourth-order valence-corrected chi connectivity index (χ4v) is 6.11. The van der Waals surface area contributed by atoms with Crippen LogP contribution in [0.2, 0.25) is 0 Å². The summed E-state index contributed by atoms with van der Waals surface area (Å²) in [4.78, 5) is 56.7. The number of aliphatic carboxylic acids is 1. The van der Waals surface area contributed by atoms with E-state index in [1.165, 1.54) is 24.7 Å². The molecular weight excluding hydrogens is 715 g/mol. The Labute approximate surface area is 285 Å². The van der Waals surface area contributed by atoms with Crippen LogP contribution in [0.4, 0.5) is 5.95 Å². The molecule has 0 radical (unpaired) electrons. The summed E-state index contributed by atoms with van der Waals surface area (Å²) in [6.07, 6.45) is 4.89. The Morgan fingerprint density at radius 3 is 2.50 bits per heavy atom. The maximum atomic E-state index is 14.1. The molecule has 2 unspecified atom stereocenters. The van der Waals surface area contributed by atoms with Gasteiger partial charge in [-0.3, -0.25) is 33.3 Å². The predicted octanol–water partition coefficient (Wildman–Crippen LogP) is 4.65. The third-order valence-corrected chi connectivity index (χ3v) is 9.11. The van der Waals surface area contributed by atoms with Crippen LogP contribution < -0.4 is 20.9 Å². The van der Waals surface area contributed by atoms with Gasteiger partial charge in [0.15, 0.2) is 11.2 Å². The van der Waals surface area contributed by atoms with Crippen molar-refractivity contribution in [2.45, 2.75) is 72.4 Å². The summed E-state index contributed by atoms with van der Waals surface area (Å²) in [7, 11) is -4.21. The molecule has 3 aromatic rings. The number of H-pyrrole nitrogens is 1. The van der Waals surface area contributed by atoms with Gasteiger partial charge in [0.05, 0.1) is 18.1 Å². The van der Waals surface area contributed by atoms with Crippen LogP contribution in [0.3, 0.4) is 0 Å². The molecule has 0 aliphatic heterocycles. The summed E-state index contributed by atoms with van der Waals surface area (Å²) in [6.45, 7) is 7.86. The highest BCUT2D eigenvalue weighted by Crippen LogP contribution is 2.56. The van der Waals surface area contributed by atoms with Gasteiger partial charge in [0, 0.05) is 24.0 Å². The molecule has 262 valence electrons. The summed E-state index contributed by atoms with van der Waals surface area (Å²) < 4.78 is 38.9. The SMILES string of the molecule is CCC(=O)O.CCCC(C)OC(=O)C(C)N[P@](=O)(OC[C@]1(COC(C)=O)C/C1=C/n1cnc2c(=O)[nH]c(N)nc21)Oc1ccc(Br)cc1. The number of aromatic nitrogens is 4. The summed E-state index contributed by atoms with van der Waals surface area (Å²) >= 11 is 3.35. The van der Waals surface area contributed by atoms with E-state index in [1.807, 2.05) is 6.92 Å². The summed E-state index contributed by atoms with van der Waals surface area (Å²) in [5.41, 5.74) is 5.41. The summed E-state index contributed by atoms with van der Waals surface area (Å²) in [5, 5.41) is 10.4. The largest absolute Gasteiger partial charge is 0.481 e. The van der Waals surface area contributed by atoms with Crippen molar-refractivity contribution in [2.75, 3.05) is 18.9 Å². The van der Waals surface area contributed by atoms with E-state index in [1.54, 1.807) is 44.3 Å². The molecule has 18 heteroatoms. The molecule has 1 aromatic carbocycles. The first-order valence-corrected chi connectivity index (χ1v) is 17.4. The number of hydrogen-bond donors (Lipinski definition) is 4. The third-order valence-electron chi connectivity index (χ3n) is 6.95. The van der Waals surface area contributed by atoms with Crippen molar-refractivity contribution < 1.29 is 42.6 Å². The molecule has 1 aliphatic rings. The van der Waals surface area contributed by atoms with Crippen molar-refractivity contribution in [3.63, 3.8) is 0 Å². The number of carboxylic acid groups (broad SMARTS) is 1. The molecule has 1 saturated carbocycles. The van der Waals surface area contributed by atoms with E-state index >= 15 is 0 Å². The standard InChI is InChI=1S/C27H34BrN6O8P.C3H6O2/c1-5-6-16(2)41-25(37)17(3)33-43(38,42-21-9-7-20(28)8-10-21)40-14-27(13-39-18(4)35)11-19(27)12-34-15-30-22-23(34)31-26(29)32-24(22)36;1-2-3(4)5/h7-10,12,15-17H,5-6,11,13-14H2,1-4H3,(H,33,38)(H3,29,31,32,36);2H2,1H3,(H,4,5)/b19-12-;/t16?,17?,27-,43+;/m1./s1. The minimum absolute atomic E-state index is 0.0724. The van der Waals surface area contributed by atoms with Gasteiger partial charge in [-0.15, -0.1) is 0 Å². The topological polar surface area (TPSA) is 227 Å². The van der Waals surface area contributed by atoms with E-state index in [4.69, 9.17) is 29.4 Å². The zero-order chi connectivity index (χ0) is 35.6. The molecule has 5 N–H and O–H groups in total. The molecule has 0 bridgehead atoms. The van der Waals surface area contributed by atoms with Gasteiger partial charge in [-0.1, -0.05) is 36.2 Å². The number of nitrogens with zero attached hydrogens (tertiary/aromatic N) is 3. The van der Waals surface area contributed by atoms with Crippen LogP contribution in [0.25, 0.3) is 17.4 Å². The Balaban J connectivity index is 0.00000116. The van der Waals surface area contributed by atoms with Gasteiger partial charge < -0.3 is 24.8 Å². The zero-order valence-electron chi connectivity index (χ0n) is 27.2. The predicted molar refractivity (Wildman–Crippen MR) is 180 cm³/mol. The van der Waals surface area contributed by atoms with E-state index < -0.39 is 42.7 Å². The van der Waals surface area contributed by atoms with Crippen LogP contribution in [0.1, 0.15) is 60.3 Å². The molecule has 0 spiro atoms. The second-order valence-corrected chi connectivity index (χ2v) is 13.7. The van der Waals surface area contributed by atoms with Crippen LogP contribution in [-0.2, 0) is 32.9 Å². The average molecular weight is 756 g/mol. The first-order valence-electron chi connectivity index (χ1n) is 15.1. The highest BCUT2D eigenvalue weighted by molar-refractivity contribution is 9.10. The van der Waals surface area contributed by atoms with Gasteiger partial charge in [0.2, 0.25) is 5.95 Å². The number of rotatable bonds is 15. The molecule has 48 heavy (non-hydrogen) atoms. The minimum Gasteiger partial charge on any atom is -0.481 e. The minimum atomic E-state index is -4.21. The molecule has 4 rings (SSSR count). The number of nitrogens with one attached hydrogen (secondary N) is 2. The number of carbonyl (C=O) groups excluding carboxylic acids is 2. The van der Waals surface area contributed by atoms with E-state index in [9.17, 15) is 23.7 Å². The van der Waals surface area contributed by atoms with Gasteiger partial charge in [-0.25, -0.2) is 9.55 Å². The van der Waals surface area contributed by atoms with Crippen molar-refractivity contribution in [1.29, 1.82) is 0 Å². The van der Waals surface area contributed by atoms with Gasteiger partial charge in [0.1, 0.15) is 24.7 Å².